The van der Waals surface area contributed by atoms with Crippen molar-refractivity contribution in [3.8, 4) is 0 Å². The van der Waals surface area contributed by atoms with Gasteiger partial charge in [0.25, 0.3) is 0 Å². The van der Waals surface area contributed by atoms with Gasteiger partial charge < -0.3 is 10.4 Å². The van der Waals surface area contributed by atoms with Crippen LogP contribution in [0.25, 0.3) is 0 Å². The molecule has 0 unspecified atom stereocenters. The van der Waals surface area contributed by atoms with E-state index in [0.29, 0.717) is 11.2 Å². The van der Waals surface area contributed by atoms with E-state index in [1.807, 2.05) is 0 Å². The molecule has 0 atom stereocenters. The Kier molecular flexibility index (Phi) is 2.38. The monoisotopic (exact) mass is 161 g/mol. The molecule has 4 heteroatoms. The van der Waals surface area contributed by atoms with E-state index in [4.69, 9.17) is 13.0 Å². The van der Waals surface area contributed by atoms with Crippen molar-refractivity contribution in [2.75, 3.05) is 12.4 Å². The number of benzene rings is 1. The normalized spacial score (nSPS) is 9.42. The number of nitrogens with one attached hydrogen (secondary N) is 1. The second-order valence-electron chi connectivity index (χ2n) is 2.40. The first kappa shape index (κ1) is 8.65. The van der Waals surface area contributed by atoms with E-state index in [1.54, 1.807) is 13.1 Å². The maximum Gasteiger partial charge on any atom is 0.335 e. The third-order valence-corrected chi connectivity index (χ3v) is 1.49. The zero-order valence-corrected chi connectivity index (χ0v) is 6.66. The second-order valence-corrected chi connectivity index (χ2v) is 2.40. The number of hydrogen-bond acceptors (Lipinski definition) is 2. The van der Waals surface area contributed by atoms with Crippen LogP contribution in [0.4, 0.5) is 5.69 Å². The molecule has 1 rings (SSSR count). The van der Waals surface area contributed by atoms with Gasteiger partial charge in [0.15, 0.2) is 0 Å². The lowest BCUT2D eigenvalue weighted by atomic mass is 9.93. The fourth-order valence-electron chi connectivity index (χ4n) is 0.919. The number of anilines is 1. The van der Waals surface area contributed by atoms with Crippen LogP contribution in [0, 0.1) is 0 Å². The Labute approximate surface area is 71.8 Å². The molecule has 60 valence electrons. The lowest BCUT2D eigenvalue weighted by Crippen LogP contribution is -2.08. The standard InChI is InChI=1S/C8H8BNO2/c1-10-7-3-5(8(11)12)2-6(9)4-7/h2-4,10H,1H3,(H,11,12). The zero-order valence-electron chi connectivity index (χ0n) is 6.66. The number of rotatable bonds is 2. The minimum atomic E-state index is -0.973. The van der Waals surface area contributed by atoms with Gasteiger partial charge >= 0.3 is 5.97 Å². The summed E-state index contributed by atoms with van der Waals surface area (Å²) in [4.78, 5) is 10.5. The summed E-state index contributed by atoms with van der Waals surface area (Å²) in [7, 11) is 7.18. The number of hydrogen-bond donors (Lipinski definition) is 2. The van der Waals surface area contributed by atoms with Crippen molar-refractivity contribution in [1.29, 1.82) is 0 Å². The molecular formula is C8H8BNO2. The molecule has 0 aliphatic heterocycles. The van der Waals surface area contributed by atoms with Crippen molar-refractivity contribution < 1.29 is 9.90 Å². The van der Waals surface area contributed by atoms with Crippen LogP contribution in [0.1, 0.15) is 10.4 Å². The summed E-state index contributed by atoms with van der Waals surface area (Å²) in [6, 6.07) is 4.62. The minimum absolute atomic E-state index is 0.194. The Bertz CT molecular complexity index is 312. The van der Waals surface area contributed by atoms with Gasteiger partial charge in [0, 0.05) is 12.7 Å². The maximum atomic E-state index is 10.5. The Hall–Kier alpha value is -1.45. The van der Waals surface area contributed by atoms with E-state index in [2.05, 4.69) is 5.32 Å². The third-order valence-electron chi connectivity index (χ3n) is 1.49. The molecule has 0 aromatic heterocycles. The predicted octanol–water partition coefficient (Wildman–Crippen LogP) is 0.220. The predicted molar refractivity (Wildman–Crippen MR) is 48.3 cm³/mol. The van der Waals surface area contributed by atoms with Crippen molar-refractivity contribution in [3.63, 3.8) is 0 Å². The molecule has 0 fully saturated rings. The molecule has 0 saturated carbocycles. The first-order chi connectivity index (χ1) is 5.63. The van der Waals surface area contributed by atoms with Crippen molar-refractivity contribution in [1.82, 2.24) is 0 Å². The Morgan fingerprint density at radius 2 is 2.17 bits per heavy atom. The van der Waals surface area contributed by atoms with Crippen molar-refractivity contribution in [2.24, 2.45) is 0 Å². The molecule has 0 bridgehead atoms. The Morgan fingerprint density at radius 1 is 1.50 bits per heavy atom. The molecule has 0 saturated heterocycles. The summed E-state index contributed by atoms with van der Waals surface area (Å²) in [5, 5.41) is 11.5. The first-order valence-corrected chi connectivity index (χ1v) is 3.45. The molecule has 1 aromatic carbocycles. The highest BCUT2D eigenvalue weighted by molar-refractivity contribution is 6.33. The quantitative estimate of drug-likeness (QED) is 0.610. The van der Waals surface area contributed by atoms with Crippen LogP contribution >= 0.6 is 0 Å². The number of carboxylic acid groups (broad SMARTS) is 1. The smallest absolute Gasteiger partial charge is 0.335 e. The number of carboxylic acids is 1. The van der Waals surface area contributed by atoms with Crippen LogP contribution in [-0.4, -0.2) is 26.0 Å². The second kappa shape index (κ2) is 3.30. The van der Waals surface area contributed by atoms with Crippen LogP contribution in [0.15, 0.2) is 18.2 Å². The maximum absolute atomic E-state index is 10.5. The van der Waals surface area contributed by atoms with Gasteiger partial charge in [0.1, 0.15) is 7.85 Å². The molecule has 0 spiro atoms. The third kappa shape index (κ3) is 1.78. The van der Waals surface area contributed by atoms with Crippen molar-refractivity contribution in [3.05, 3.63) is 23.8 Å². The lowest BCUT2D eigenvalue weighted by molar-refractivity contribution is 0.0697. The minimum Gasteiger partial charge on any atom is -0.478 e. The average Bonchev–Trinajstić information content (AvgIpc) is 2.03. The summed E-state index contributed by atoms with van der Waals surface area (Å²) in [6.07, 6.45) is 0. The van der Waals surface area contributed by atoms with E-state index in [9.17, 15) is 4.79 Å². The van der Waals surface area contributed by atoms with Crippen LogP contribution in [-0.2, 0) is 0 Å². The first-order valence-electron chi connectivity index (χ1n) is 3.45. The van der Waals surface area contributed by atoms with Gasteiger partial charge in [-0.1, -0.05) is 11.5 Å². The van der Waals surface area contributed by atoms with Gasteiger partial charge in [-0.2, -0.15) is 0 Å². The Morgan fingerprint density at radius 3 is 2.67 bits per heavy atom. The van der Waals surface area contributed by atoms with Crippen LogP contribution in [0.5, 0.6) is 0 Å². The van der Waals surface area contributed by atoms with E-state index in [1.165, 1.54) is 12.1 Å². The van der Waals surface area contributed by atoms with Crippen molar-refractivity contribution >= 4 is 25.0 Å². The molecule has 2 radical (unpaired) electrons. The highest BCUT2D eigenvalue weighted by atomic mass is 16.4. The molecule has 0 heterocycles. The lowest BCUT2D eigenvalue weighted by Gasteiger charge is -2.03. The Balaban J connectivity index is 3.15. The number of carbonyl (C=O) groups is 1. The molecule has 0 aliphatic rings. The highest BCUT2D eigenvalue weighted by Crippen LogP contribution is 2.07. The molecule has 2 N–H and O–H groups in total. The highest BCUT2D eigenvalue weighted by Gasteiger charge is 2.03. The van der Waals surface area contributed by atoms with Crippen LogP contribution in [0.2, 0.25) is 0 Å². The van der Waals surface area contributed by atoms with Gasteiger partial charge in [-0.15, -0.1) is 0 Å². The number of aromatic carboxylic acids is 1. The topological polar surface area (TPSA) is 49.3 Å². The van der Waals surface area contributed by atoms with E-state index >= 15 is 0 Å². The molecule has 12 heavy (non-hydrogen) atoms. The summed E-state index contributed by atoms with van der Waals surface area (Å²) in [5.41, 5.74) is 1.34. The summed E-state index contributed by atoms with van der Waals surface area (Å²) < 4.78 is 0. The van der Waals surface area contributed by atoms with E-state index in [0.717, 1.165) is 0 Å². The molecular weight excluding hydrogens is 153 g/mol. The average molecular weight is 161 g/mol. The van der Waals surface area contributed by atoms with E-state index < -0.39 is 5.97 Å². The van der Waals surface area contributed by atoms with Crippen LogP contribution < -0.4 is 10.8 Å². The molecule has 0 amide bonds. The van der Waals surface area contributed by atoms with Gasteiger partial charge in [0.05, 0.1) is 5.56 Å². The largest absolute Gasteiger partial charge is 0.478 e. The summed E-state index contributed by atoms with van der Waals surface area (Å²) in [5.74, 6) is -0.973. The summed E-state index contributed by atoms with van der Waals surface area (Å²) >= 11 is 0. The van der Waals surface area contributed by atoms with Gasteiger partial charge in [-0.25, -0.2) is 4.79 Å². The summed E-state index contributed by atoms with van der Waals surface area (Å²) in [6.45, 7) is 0. The fraction of sp³-hybridized carbons (Fsp3) is 0.125. The van der Waals surface area contributed by atoms with Crippen LogP contribution in [0.3, 0.4) is 0 Å². The van der Waals surface area contributed by atoms with Gasteiger partial charge in [-0.3, -0.25) is 0 Å². The molecule has 1 aromatic rings. The van der Waals surface area contributed by atoms with E-state index in [-0.39, 0.29) is 5.56 Å². The molecule has 0 aliphatic carbocycles. The van der Waals surface area contributed by atoms with Gasteiger partial charge in [0.2, 0.25) is 0 Å². The van der Waals surface area contributed by atoms with Gasteiger partial charge in [-0.05, 0) is 12.1 Å². The zero-order chi connectivity index (χ0) is 9.14. The fourth-order valence-corrected chi connectivity index (χ4v) is 0.919. The molecule has 3 nitrogen and oxygen atoms in total. The SMILES string of the molecule is [B]c1cc(NC)cc(C(=O)O)c1. The van der Waals surface area contributed by atoms with Crippen molar-refractivity contribution in [2.45, 2.75) is 0 Å².